The Bertz CT molecular complexity index is 471. The van der Waals surface area contributed by atoms with Crippen molar-refractivity contribution in [2.45, 2.75) is 18.4 Å². The minimum Gasteiger partial charge on any atom is -0.485 e. The average Bonchev–Trinajstić information content (AvgIpc) is 3.18. The molecule has 0 bridgehead atoms. The fraction of sp³-hybridized carbons (Fsp3) is 0.462. The minimum atomic E-state index is -1.07. The maximum Gasteiger partial charge on any atom is 0.241 e. The van der Waals surface area contributed by atoms with Crippen molar-refractivity contribution >= 4 is 5.91 Å². The lowest BCUT2D eigenvalue weighted by molar-refractivity contribution is -0.126. The Morgan fingerprint density at radius 2 is 2.05 bits per heavy atom. The van der Waals surface area contributed by atoms with E-state index in [-0.39, 0.29) is 12.5 Å². The number of ether oxygens (including phenoxy) is 1. The van der Waals surface area contributed by atoms with Crippen LogP contribution in [0.15, 0.2) is 18.2 Å². The molecule has 0 heterocycles. The second kappa shape index (κ2) is 5.13. The molecule has 6 heteroatoms. The van der Waals surface area contributed by atoms with E-state index in [9.17, 15) is 13.6 Å². The predicted octanol–water partition coefficient (Wildman–Crippen LogP) is 1.20. The van der Waals surface area contributed by atoms with Crippen molar-refractivity contribution in [2.75, 3.05) is 13.7 Å². The summed E-state index contributed by atoms with van der Waals surface area (Å²) in [5, 5.41) is 2.84. The van der Waals surface area contributed by atoms with Crippen LogP contribution in [0.1, 0.15) is 12.8 Å². The zero-order valence-corrected chi connectivity index (χ0v) is 10.6. The van der Waals surface area contributed by atoms with E-state index in [0.29, 0.717) is 0 Å². The molecule has 19 heavy (non-hydrogen) atoms. The third-order valence-electron chi connectivity index (χ3n) is 3.52. The minimum absolute atomic E-state index is 0.0461. The molecule has 0 spiro atoms. The standard InChI is InChI=1S/C13H16F2N2O2/c1-17-13(12(16)18,8-5-6-8)7-19-11-9(14)3-2-4-10(11)15/h2-4,8,17H,5-7H2,1H3,(H2,16,18). The number of rotatable bonds is 6. The van der Waals surface area contributed by atoms with Gasteiger partial charge < -0.3 is 15.8 Å². The van der Waals surface area contributed by atoms with Gasteiger partial charge >= 0.3 is 0 Å². The molecule has 1 unspecified atom stereocenters. The molecule has 1 aromatic rings. The molecule has 1 aliphatic carbocycles. The van der Waals surface area contributed by atoms with Gasteiger partial charge in [0.05, 0.1) is 0 Å². The van der Waals surface area contributed by atoms with Crippen molar-refractivity contribution in [3.63, 3.8) is 0 Å². The molecular weight excluding hydrogens is 254 g/mol. The summed E-state index contributed by atoms with van der Waals surface area (Å²) >= 11 is 0. The van der Waals surface area contributed by atoms with E-state index in [1.165, 1.54) is 6.07 Å². The Hall–Kier alpha value is -1.69. The lowest BCUT2D eigenvalue weighted by Gasteiger charge is -2.30. The lowest BCUT2D eigenvalue weighted by Crippen LogP contribution is -2.59. The Balaban J connectivity index is 2.17. The van der Waals surface area contributed by atoms with Crippen LogP contribution >= 0.6 is 0 Å². The number of likely N-dealkylation sites (N-methyl/N-ethyl adjacent to an activating group) is 1. The van der Waals surface area contributed by atoms with Gasteiger partial charge in [-0.3, -0.25) is 4.79 Å². The maximum absolute atomic E-state index is 13.4. The highest BCUT2D eigenvalue weighted by atomic mass is 19.1. The monoisotopic (exact) mass is 270 g/mol. The van der Waals surface area contributed by atoms with E-state index in [1.54, 1.807) is 7.05 Å². The van der Waals surface area contributed by atoms with Crippen molar-refractivity contribution in [1.29, 1.82) is 0 Å². The molecule has 4 nitrogen and oxygen atoms in total. The third kappa shape index (κ3) is 2.53. The summed E-state index contributed by atoms with van der Waals surface area (Å²) in [5.41, 5.74) is 4.32. The van der Waals surface area contributed by atoms with Gasteiger partial charge in [0.25, 0.3) is 0 Å². The number of carbonyl (C=O) groups excluding carboxylic acids is 1. The molecule has 104 valence electrons. The molecule has 0 aliphatic heterocycles. The zero-order chi connectivity index (χ0) is 14.0. The van der Waals surface area contributed by atoms with Crippen LogP contribution in [0, 0.1) is 17.6 Å². The van der Waals surface area contributed by atoms with Crippen molar-refractivity contribution in [2.24, 2.45) is 11.7 Å². The summed E-state index contributed by atoms with van der Waals surface area (Å²) < 4.78 is 32.1. The highest BCUT2D eigenvalue weighted by molar-refractivity contribution is 5.85. The molecular formula is C13H16F2N2O2. The Kier molecular flexibility index (Phi) is 3.71. The van der Waals surface area contributed by atoms with Crippen molar-refractivity contribution in [1.82, 2.24) is 5.32 Å². The number of benzene rings is 1. The van der Waals surface area contributed by atoms with Crippen molar-refractivity contribution in [3.05, 3.63) is 29.8 Å². The lowest BCUT2D eigenvalue weighted by atomic mass is 9.93. The number of nitrogens with two attached hydrogens (primary N) is 1. The topological polar surface area (TPSA) is 64.3 Å². The average molecular weight is 270 g/mol. The first-order valence-corrected chi connectivity index (χ1v) is 6.07. The molecule has 0 saturated heterocycles. The number of halogens is 2. The van der Waals surface area contributed by atoms with Crippen molar-refractivity contribution in [3.8, 4) is 5.75 Å². The molecule has 1 saturated carbocycles. The van der Waals surface area contributed by atoms with Crippen LogP contribution in [-0.2, 0) is 4.79 Å². The highest BCUT2D eigenvalue weighted by Crippen LogP contribution is 2.40. The SMILES string of the molecule is CNC(COc1c(F)cccc1F)(C(N)=O)C1CC1. The first kappa shape index (κ1) is 13.7. The normalized spacial score (nSPS) is 17.8. The fourth-order valence-corrected chi connectivity index (χ4v) is 2.17. The summed E-state index contributed by atoms with van der Waals surface area (Å²) in [6, 6.07) is 3.44. The second-order valence-electron chi connectivity index (χ2n) is 4.70. The molecule has 1 atom stereocenters. The molecule has 2 rings (SSSR count). The number of carbonyl (C=O) groups is 1. The van der Waals surface area contributed by atoms with Gasteiger partial charge in [-0.2, -0.15) is 0 Å². The fourth-order valence-electron chi connectivity index (χ4n) is 2.17. The van der Waals surface area contributed by atoms with Crippen LogP contribution in [0.3, 0.4) is 0 Å². The van der Waals surface area contributed by atoms with Gasteiger partial charge in [0, 0.05) is 0 Å². The number of para-hydroxylation sites is 1. The molecule has 0 radical (unpaired) electrons. The third-order valence-corrected chi connectivity index (χ3v) is 3.52. The largest absolute Gasteiger partial charge is 0.485 e. The molecule has 3 N–H and O–H groups in total. The van der Waals surface area contributed by atoms with Gasteiger partial charge in [-0.15, -0.1) is 0 Å². The van der Waals surface area contributed by atoms with Gasteiger partial charge in [-0.05, 0) is 37.9 Å². The van der Waals surface area contributed by atoms with Crippen molar-refractivity contribution < 1.29 is 18.3 Å². The number of hydrogen-bond acceptors (Lipinski definition) is 3. The van der Waals surface area contributed by atoms with Gasteiger partial charge in [0.1, 0.15) is 12.1 Å². The van der Waals surface area contributed by atoms with E-state index in [2.05, 4.69) is 5.32 Å². The van der Waals surface area contributed by atoms with Crippen LogP contribution < -0.4 is 15.8 Å². The predicted molar refractivity (Wildman–Crippen MR) is 65.6 cm³/mol. The van der Waals surface area contributed by atoms with Crippen LogP contribution in [0.5, 0.6) is 5.75 Å². The summed E-state index contributed by atoms with van der Waals surface area (Å²) in [6.07, 6.45) is 1.68. The first-order valence-electron chi connectivity index (χ1n) is 6.07. The van der Waals surface area contributed by atoms with E-state index in [0.717, 1.165) is 25.0 Å². The van der Waals surface area contributed by atoms with Gasteiger partial charge in [0.2, 0.25) is 5.91 Å². The molecule has 1 fully saturated rings. The van der Waals surface area contributed by atoms with E-state index >= 15 is 0 Å². The Morgan fingerprint density at radius 3 is 2.47 bits per heavy atom. The quantitative estimate of drug-likeness (QED) is 0.816. The van der Waals surface area contributed by atoms with Crippen LogP contribution in [0.2, 0.25) is 0 Å². The summed E-state index contributed by atoms with van der Waals surface area (Å²) in [7, 11) is 1.59. The van der Waals surface area contributed by atoms with E-state index in [1.807, 2.05) is 0 Å². The number of primary amides is 1. The first-order chi connectivity index (χ1) is 9.01. The van der Waals surface area contributed by atoms with E-state index in [4.69, 9.17) is 10.5 Å². The Morgan fingerprint density at radius 1 is 1.47 bits per heavy atom. The number of hydrogen-bond donors (Lipinski definition) is 2. The van der Waals surface area contributed by atoms with Gasteiger partial charge in [-0.25, -0.2) is 8.78 Å². The molecule has 1 aromatic carbocycles. The molecule has 1 amide bonds. The van der Waals surface area contributed by atoms with Gasteiger partial charge in [-0.1, -0.05) is 6.07 Å². The second-order valence-corrected chi connectivity index (χ2v) is 4.70. The van der Waals surface area contributed by atoms with E-state index < -0.39 is 28.8 Å². The summed E-state index contributed by atoms with van der Waals surface area (Å²) in [6.45, 7) is -0.193. The smallest absolute Gasteiger partial charge is 0.241 e. The molecule has 0 aromatic heterocycles. The maximum atomic E-state index is 13.4. The van der Waals surface area contributed by atoms with Crippen LogP contribution in [-0.4, -0.2) is 25.1 Å². The Labute approximate surface area is 109 Å². The van der Waals surface area contributed by atoms with Gasteiger partial charge in [0.15, 0.2) is 17.4 Å². The summed E-state index contributed by atoms with van der Waals surface area (Å²) in [5.74, 6) is -2.61. The summed E-state index contributed by atoms with van der Waals surface area (Å²) in [4.78, 5) is 11.6. The zero-order valence-electron chi connectivity index (χ0n) is 10.6. The molecule has 1 aliphatic rings. The highest BCUT2D eigenvalue weighted by Gasteiger charge is 2.49. The number of nitrogens with one attached hydrogen (secondary N) is 1. The van der Waals surface area contributed by atoms with Crippen LogP contribution in [0.25, 0.3) is 0 Å². The van der Waals surface area contributed by atoms with Crippen LogP contribution in [0.4, 0.5) is 8.78 Å². The number of amides is 1.